The molecule has 0 aliphatic rings. The molecule has 0 spiro atoms. The van der Waals surface area contributed by atoms with Crippen LogP contribution in [0.4, 0.5) is 11.4 Å². The molecule has 4 aromatic rings. The average molecular weight is 678 g/mol. The fraction of sp³-hybridized carbons (Fsp3) is 0.265. The Labute approximate surface area is 271 Å². The summed E-state index contributed by atoms with van der Waals surface area (Å²) >= 11 is 5.13. The first-order valence-electron chi connectivity index (χ1n) is 14.2. The lowest BCUT2D eigenvalue weighted by atomic mass is 10.0. The van der Waals surface area contributed by atoms with Crippen LogP contribution in [0, 0.1) is 0 Å². The molecule has 0 saturated heterocycles. The van der Waals surface area contributed by atoms with Crippen LogP contribution in [0.5, 0.6) is 5.75 Å². The van der Waals surface area contributed by atoms with Crippen LogP contribution in [0.2, 0.25) is 0 Å². The predicted molar refractivity (Wildman–Crippen MR) is 183 cm³/mol. The lowest BCUT2D eigenvalue weighted by molar-refractivity contribution is -0.123. The van der Waals surface area contributed by atoms with Crippen molar-refractivity contribution in [3.63, 3.8) is 0 Å². The maximum Gasteiger partial charge on any atom is 0.258 e. The number of nitrogens with one attached hydrogen (secondary N) is 2. The number of carbonyl (C=O) groups excluding carboxylic acids is 3. The summed E-state index contributed by atoms with van der Waals surface area (Å²) < 4.78 is 6.66. The molecule has 2 atom stereocenters. The zero-order chi connectivity index (χ0) is 31.8. The number of rotatable bonds is 13. The first kappa shape index (κ1) is 33.0. The highest BCUT2D eigenvalue weighted by Crippen LogP contribution is 2.35. The van der Waals surface area contributed by atoms with Crippen molar-refractivity contribution in [2.24, 2.45) is 0 Å². The van der Waals surface area contributed by atoms with Crippen LogP contribution in [0.25, 0.3) is 10.8 Å². The quantitative estimate of drug-likeness (QED) is 0.128. The molecule has 2 N–H and O–H groups in total. The number of halogens is 1. The molecule has 4 aromatic carbocycles. The number of ether oxygens (including phenoxy) is 1. The molecule has 0 aromatic heterocycles. The van der Waals surface area contributed by atoms with Crippen molar-refractivity contribution in [3.8, 4) is 5.75 Å². The zero-order valence-electron chi connectivity index (χ0n) is 25.5. The van der Waals surface area contributed by atoms with E-state index in [0.717, 1.165) is 32.1 Å². The molecule has 44 heavy (non-hydrogen) atoms. The van der Waals surface area contributed by atoms with Gasteiger partial charge in [0.1, 0.15) is 5.75 Å². The monoisotopic (exact) mass is 676 g/mol. The van der Waals surface area contributed by atoms with Crippen molar-refractivity contribution < 1.29 is 19.1 Å². The van der Waals surface area contributed by atoms with Gasteiger partial charge in [-0.05, 0) is 92.5 Å². The van der Waals surface area contributed by atoms with Crippen molar-refractivity contribution in [1.82, 2.24) is 10.6 Å². The summed E-state index contributed by atoms with van der Waals surface area (Å²) in [6.07, 6.45) is 2.75. The highest BCUT2D eigenvalue weighted by molar-refractivity contribution is 9.10. The Morgan fingerprint density at radius 2 is 1.70 bits per heavy atom. The summed E-state index contributed by atoms with van der Waals surface area (Å²) in [4.78, 5) is 43.8. The maximum absolute atomic E-state index is 14.1. The van der Waals surface area contributed by atoms with Crippen LogP contribution in [-0.2, 0) is 16.1 Å². The molecular weight excluding hydrogens is 640 g/mol. The first-order chi connectivity index (χ1) is 21.2. The van der Waals surface area contributed by atoms with Gasteiger partial charge < -0.3 is 25.2 Å². The normalized spacial score (nSPS) is 12.3. The number of fused-ring (bicyclic) bond motifs is 1. The van der Waals surface area contributed by atoms with Gasteiger partial charge in [-0.15, -0.1) is 11.8 Å². The van der Waals surface area contributed by atoms with Crippen molar-refractivity contribution in [2.45, 2.75) is 37.4 Å². The van der Waals surface area contributed by atoms with Crippen LogP contribution in [-0.4, -0.2) is 57.3 Å². The fourth-order valence-corrected chi connectivity index (χ4v) is 5.77. The molecule has 0 radical (unpaired) electrons. The van der Waals surface area contributed by atoms with Crippen LogP contribution in [0.15, 0.2) is 88.2 Å². The number of para-hydroxylation sites is 2. The minimum absolute atomic E-state index is 0.172. The minimum Gasteiger partial charge on any atom is -0.496 e. The zero-order valence-corrected chi connectivity index (χ0v) is 27.9. The number of anilines is 2. The molecule has 8 nitrogen and oxygen atoms in total. The number of methoxy groups -OCH3 is 1. The second kappa shape index (κ2) is 15.2. The lowest BCUT2D eigenvalue weighted by Gasteiger charge is -2.31. The van der Waals surface area contributed by atoms with Crippen LogP contribution >= 0.6 is 27.7 Å². The molecule has 4 rings (SSSR count). The second-order valence-corrected chi connectivity index (χ2v) is 12.2. The number of carbonyl (C=O) groups is 3. The van der Waals surface area contributed by atoms with E-state index in [0.29, 0.717) is 22.7 Å². The Morgan fingerprint density at radius 1 is 1.00 bits per heavy atom. The van der Waals surface area contributed by atoms with Gasteiger partial charge in [-0.25, -0.2) is 0 Å². The van der Waals surface area contributed by atoms with E-state index in [1.165, 1.54) is 0 Å². The van der Waals surface area contributed by atoms with E-state index in [9.17, 15) is 14.4 Å². The van der Waals surface area contributed by atoms with Crippen molar-refractivity contribution >= 4 is 68.1 Å². The maximum atomic E-state index is 14.1. The highest BCUT2D eigenvalue weighted by atomic mass is 79.9. The summed E-state index contributed by atoms with van der Waals surface area (Å²) in [6, 6.07) is 23.8. The molecular formula is C34H37BrN4O4S. The minimum atomic E-state index is -0.394. The van der Waals surface area contributed by atoms with Crippen LogP contribution in [0.3, 0.4) is 0 Å². The number of likely N-dealkylation sites (N-methyl/N-ethyl adjacent to an activating group) is 1. The molecule has 0 aliphatic heterocycles. The third-order valence-corrected chi connectivity index (χ3v) is 8.70. The Bertz CT molecular complexity index is 1630. The van der Waals surface area contributed by atoms with Gasteiger partial charge in [0.2, 0.25) is 12.3 Å². The number of amides is 3. The molecule has 230 valence electrons. The summed E-state index contributed by atoms with van der Waals surface area (Å²) in [5.74, 6) is 0.237. The standard InChI is InChI=1S/C34H37BrN4O4S/c1-22(37-33(41)23(2)36-3)19-39(34(42)24-10-14-27(44-5)15-11-24)31-9-7-6-8-30(31)38(21-40)20-29-28-16-13-26(35)18-25(28)12-17-32(29)43-4/h6-18,21-23,36H,19-20H2,1-5H3,(H,37,41)/t22?,23-/m0/s1. The summed E-state index contributed by atoms with van der Waals surface area (Å²) in [5, 5.41) is 7.89. The van der Waals surface area contributed by atoms with Crippen molar-refractivity contribution in [3.05, 3.63) is 94.5 Å². The molecule has 0 saturated carbocycles. The third kappa shape index (κ3) is 7.61. The van der Waals surface area contributed by atoms with E-state index < -0.39 is 6.04 Å². The van der Waals surface area contributed by atoms with Gasteiger partial charge in [0.25, 0.3) is 5.91 Å². The summed E-state index contributed by atoms with van der Waals surface area (Å²) in [7, 11) is 3.33. The number of benzene rings is 4. The molecule has 1 unspecified atom stereocenters. The largest absolute Gasteiger partial charge is 0.496 e. The number of hydrogen-bond acceptors (Lipinski definition) is 6. The molecule has 3 amide bonds. The van der Waals surface area contributed by atoms with Crippen LogP contribution < -0.4 is 25.2 Å². The Balaban J connectivity index is 1.77. The van der Waals surface area contributed by atoms with E-state index in [1.54, 1.807) is 54.8 Å². The molecule has 10 heteroatoms. The SMILES string of the molecule is CN[C@@H](C)C(=O)NC(C)CN(C(=O)c1ccc(SC)cc1)c1ccccc1N(C=O)Cc1c(OC)ccc2cc(Br)ccc12. The van der Waals surface area contributed by atoms with Gasteiger partial charge in [-0.2, -0.15) is 0 Å². The molecule has 0 bridgehead atoms. The first-order valence-corrected chi connectivity index (χ1v) is 16.2. The fourth-order valence-electron chi connectivity index (χ4n) is 4.98. The molecule has 0 fully saturated rings. The van der Waals surface area contributed by atoms with Crippen molar-refractivity contribution in [2.75, 3.05) is 36.8 Å². The average Bonchev–Trinajstić information content (AvgIpc) is 3.05. The highest BCUT2D eigenvalue weighted by Gasteiger charge is 2.26. The predicted octanol–water partition coefficient (Wildman–Crippen LogP) is 6.26. The van der Waals surface area contributed by atoms with E-state index in [2.05, 4.69) is 26.6 Å². The second-order valence-electron chi connectivity index (χ2n) is 10.4. The van der Waals surface area contributed by atoms with E-state index in [4.69, 9.17) is 4.74 Å². The van der Waals surface area contributed by atoms with Gasteiger partial charge in [-0.1, -0.05) is 40.2 Å². The van der Waals surface area contributed by atoms with E-state index in [1.807, 2.05) is 79.9 Å². The topological polar surface area (TPSA) is 91.0 Å². The van der Waals surface area contributed by atoms with Crippen LogP contribution in [0.1, 0.15) is 29.8 Å². The van der Waals surface area contributed by atoms with Gasteiger partial charge in [0.15, 0.2) is 0 Å². The van der Waals surface area contributed by atoms with Gasteiger partial charge in [-0.3, -0.25) is 14.4 Å². The summed E-state index contributed by atoms with van der Waals surface area (Å²) in [6.45, 7) is 4.02. The lowest BCUT2D eigenvalue weighted by Crippen LogP contribution is -2.49. The Kier molecular flexibility index (Phi) is 11.4. The summed E-state index contributed by atoms with van der Waals surface area (Å²) in [5.41, 5.74) is 2.43. The Morgan fingerprint density at radius 3 is 2.34 bits per heavy atom. The smallest absolute Gasteiger partial charge is 0.258 e. The van der Waals surface area contributed by atoms with Gasteiger partial charge in [0, 0.05) is 33.1 Å². The number of thioether (sulfide) groups is 1. The van der Waals surface area contributed by atoms with Crippen molar-refractivity contribution in [1.29, 1.82) is 0 Å². The number of hydrogen-bond donors (Lipinski definition) is 2. The van der Waals surface area contributed by atoms with E-state index in [-0.39, 0.29) is 30.9 Å². The van der Waals surface area contributed by atoms with E-state index >= 15 is 0 Å². The molecule has 0 aliphatic carbocycles. The number of nitrogens with zero attached hydrogens (tertiary/aromatic N) is 2. The van der Waals surface area contributed by atoms with Gasteiger partial charge >= 0.3 is 0 Å². The molecule has 0 heterocycles. The third-order valence-electron chi connectivity index (χ3n) is 7.46. The van der Waals surface area contributed by atoms with Gasteiger partial charge in [0.05, 0.1) is 31.1 Å². The Hall–Kier alpha value is -3.86.